The van der Waals surface area contributed by atoms with E-state index < -0.39 is 4.75 Å². The molecule has 0 aliphatic carbocycles. The summed E-state index contributed by atoms with van der Waals surface area (Å²) < 4.78 is 4.37. The first-order valence-corrected chi connectivity index (χ1v) is 8.30. The maximum absolute atomic E-state index is 12.7. The lowest BCUT2D eigenvalue weighted by atomic mass is 10.1. The molecule has 1 aromatic carbocycles. The predicted octanol–water partition coefficient (Wildman–Crippen LogP) is 1.81. The van der Waals surface area contributed by atoms with Gasteiger partial charge in [0.05, 0.1) is 11.8 Å². The fourth-order valence-corrected chi connectivity index (χ4v) is 4.12. The summed E-state index contributed by atoms with van der Waals surface area (Å²) >= 11 is 1.32. The van der Waals surface area contributed by atoms with E-state index in [1.165, 1.54) is 11.8 Å². The van der Waals surface area contributed by atoms with E-state index in [0.717, 1.165) is 30.0 Å². The van der Waals surface area contributed by atoms with Gasteiger partial charge in [0, 0.05) is 25.1 Å². The average Bonchev–Trinajstić information content (AvgIpc) is 3.04. The molecule has 1 saturated heterocycles. The van der Waals surface area contributed by atoms with Crippen LogP contribution >= 0.6 is 11.8 Å². The lowest BCUT2D eigenvalue weighted by molar-refractivity contribution is -0.131. The van der Waals surface area contributed by atoms with Gasteiger partial charge >= 0.3 is 0 Å². The van der Waals surface area contributed by atoms with Crippen molar-refractivity contribution in [1.29, 1.82) is 0 Å². The Hall–Kier alpha value is -1.53. The van der Waals surface area contributed by atoms with E-state index in [9.17, 15) is 9.59 Å². The number of carbonyl (C=O) groups excluding carboxylic acids is 2. The third-order valence-electron chi connectivity index (χ3n) is 4.20. The summed E-state index contributed by atoms with van der Waals surface area (Å²) in [6, 6.07) is 7.64. The van der Waals surface area contributed by atoms with Crippen LogP contribution in [0.25, 0.3) is 0 Å². The van der Waals surface area contributed by atoms with Crippen molar-refractivity contribution in [2.45, 2.75) is 35.5 Å². The number of nitrogens with zero attached hydrogens (tertiary/aromatic N) is 1. The van der Waals surface area contributed by atoms with Crippen LogP contribution < -0.4 is 10.2 Å². The molecule has 2 aliphatic rings. The molecule has 2 atom stereocenters. The molecule has 118 valence electrons. The van der Waals surface area contributed by atoms with Gasteiger partial charge in [-0.05, 0) is 31.9 Å². The minimum atomic E-state index is -1.14. The van der Waals surface area contributed by atoms with Gasteiger partial charge in [-0.2, -0.15) is 0 Å². The van der Waals surface area contributed by atoms with Crippen molar-refractivity contribution in [3.8, 4) is 0 Å². The Morgan fingerprint density at radius 2 is 2.27 bits per heavy atom. The van der Waals surface area contributed by atoms with Crippen LogP contribution in [0.2, 0.25) is 0 Å². The SMILES string of the molecule is CN1C(=O)C(C)(C(=O)NCC2CCCO2)Sc2ccccc21. The smallest absolute Gasteiger partial charge is 0.252 e. The highest BCUT2D eigenvalue weighted by Crippen LogP contribution is 2.44. The lowest BCUT2D eigenvalue weighted by Crippen LogP contribution is -2.56. The van der Waals surface area contributed by atoms with Crippen LogP contribution in [0.15, 0.2) is 29.2 Å². The molecular weight excluding hydrogens is 300 g/mol. The Bertz CT molecular complexity index is 601. The van der Waals surface area contributed by atoms with Crippen molar-refractivity contribution in [3.05, 3.63) is 24.3 Å². The molecule has 2 heterocycles. The van der Waals surface area contributed by atoms with Gasteiger partial charge in [-0.3, -0.25) is 9.59 Å². The van der Waals surface area contributed by atoms with Crippen LogP contribution in [0.1, 0.15) is 19.8 Å². The molecule has 1 aromatic rings. The van der Waals surface area contributed by atoms with E-state index in [-0.39, 0.29) is 17.9 Å². The summed E-state index contributed by atoms with van der Waals surface area (Å²) in [5, 5.41) is 2.88. The molecule has 2 unspecified atom stereocenters. The zero-order chi connectivity index (χ0) is 15.7. The van der Waals surface area contributed by atoms with Gasteiger partial charge in [0.15, 0.2) is 4.75 Å². The number of fused-ring (bicyclic) bond motifs is 1. The number of nitrogens with one attached hydrogen (secondary N) is 1. The zero-order valence-electron chi connectivity index (χ0n) is 12.8. The first-order chi connectivity index (χ1) is 10.5. The minimum absolute atomic E-state index is 0.0706. The molecule has 2 aliphatic heterocycles. The van der Waals surface area contributed by atoms with Crippen molar-refractivity contribution < 1.29 is 14.3 Å². The number of hydrogen-bond donors (Lipinski definition) is 1. The zero-order valence-corrected chi connectivity index (χ0v) is 13.6. The van der Waals surface area contributed by atoms with Crippen molar-refractivity contribution in [2.75, 3.05) is 25.1 Å². The van der Waals surface area contributed by atoms with Gasteiger partial charge in [0.1, 0.15) is 0 Å². The van der Waals surface area contributed by atoms with Crippen molar-refractivity contribution in [1.82, 2.24) is 5.32 Å². The third-order valence-corrected chi connectivity index (χ3v) is 5.53. The summed E-state index contributed by atoms with van der Waals surface area (Å²) in [5.74, 6) is -0.444. The summed E-state index contributed by atoms with van der Waals surface area (Å²) in [6.45, 7) is 2.91. The number of anilines is 1. The van der Waals surface area contributed by atoms with Crippen molar-refractivity contribution >= 4 is 29.3 Å². The number of hydrogen-bond acceptors (Lipinski definition) is 4. The number of rotatable bonds is 3. The van der Waals surface area contributed by atoms with Crippen LogP contribution in [0.5, 0.6) is 0 Å². The second-order valence-electron chi connectivity index (χ2n) is 5.81. The third kappa shape index (κ3) is 2.61. The molecule has 5 nitrogen and oxygen atoms in total. The maximum atomic E-state index is 12.7. The van der Waals surface area contributed by atoms with Crippen LogP contribution in [-0.4, -0.2) is 42.9 Å². The molecule has 1 fully saturated rings. The molecular formula is C16H20N2O3S. The van der Waals surface area contributed by atoms with E-state index in [0.29, 0.717) is 6.54 Å². The largest absolute Gasteiger partial charge is 0.376 e. The molecule has 0 radical (unpaired) electrons. The van der Waals surface area contributed by atoms with Crippen molar-refractivity contribution in [2.24, 2.45) is 0 Å². The molecule has 6 heteroatoms. The Balaban J connectivity index is 1.76. The first kappa shape index (κ1) is 15.4. The normalized spacial score (nSPS) is 27.6. The number of carbonyl (C=O) groups is 2. The van der Waals surface area contributed by atoms with E-state index >= 15 is 0 Å². The molecule has 22 heavy (non-hydrogen) atoms. The molecule has 0 spiro atoms. The topological polar surface area (TPSA) is 58.6 Å². The number of ether oxygens (including phenoxy) is 1. The quantitative estimate of drug-likeness (QED) is 0.863. The highest BCUT2D eigenvalue weighted by atomic mass is 32.2. The van der Waals surface area contributed by atoms with Crippen LogP contribution in [0, 0.1) is 0 Å². The minimum Gasteiger partial charge on any atom is -0.376 e. The highest BCUT2D eigenvalue weighted by Gasteiger charge is 2.48. The molecule has 1 N–H and O–H groups in total. The van der Waals surface area contributed by atoms with Gasteiger partial charge in [-0.25, -0.2) is 0 Å². The Morgan fingerprint density at radius 1 is 1.50 bits per heavy atom. The summed E-state index contributed by atoms with van der Waals surface area (Å²) in [4.78, 5) is 27.8. The second-order valence-corrected chi connectivity index (χ2v) is 7.27. The van der Waals surface area contributed by atoms with Gasteiger partial charge in [-0.1, -0.05) is 23.9 Å². The van der Waals surface area contributed by atoms with Gasteiger partial charge in [-0.15, -0.1) is 0 Å². The summed E-state index contributed by atoms with van der Waals surface area (Å²) in [7, 11) is 1.71. The van der Waals surface area contributed by atoms with Crippen LogP contribution in [-0.2, 0) is 14.3 Å². The van der Waals surface area contributed by atoms with E-state index in [4.69, 9.17) is 4.74 Å². The lowest BCUT2D eigenvalue weighted by Gasteiger charge is -2.37. The van der Waals surface area contributed by atoms with E-state index in [2.05, 4.69) is 5.32 Å². The van der Waals surface area contributed by atoms with Crippen LogP contribution in [0.3, 0.4) is 0 Å². The van der Waals surface area contributed by atoms with Gasteiger partial charge in [0.2, 0.25) is 5.91 Å². The molecule has 3 rings (SSSR count). The summed E-state index contributed by atoms with van der Waals surface area (Å²) in [6.07, 6.45) is 2.06. The van der Waals surface area contributed by atoms with Gasteiger partial charge < -0.3 is 15.0 Å². The molecule has 0 bridgehead atoms. The molecule has 2 amide bonds. The number of benzene rings is 1. The summed E-state index contributed by atoms with van der Waals surface area (Å²) in [5.41, 5.74) is 0.849. The fourth-order valence-electron chi connectivity index (χ4n) is 2.84. The first-order valence-electron chi connectivity index (χ1n) is 7.48. The van der Waals surface area contributed by atoms with E-state index in [1.54, 1.807) is 18.9 Å². The average molecular weight is 320 g/mol. The highest BCUT2D eigenvalue weighted by molar-refractivity contribution is 8.02. The van der Waals surface area contributed by atoms with E-state index in [1.807, 2.05) is 24.3 Å². The number of para-hydroxylation sites is 1. The second kappa shape index (κ2) is 5.93. The monoisotopic (exact) mass is 320 g/mol. The predicted molar refractivity (Wildman–Crippen MR) is 86.1 cm³/mol. The fraction of sp³-hybridized carbons (Fsp3) is 0.500. The van der Waals surface area contributed by atoms with Crippen LogP contribution in [0.4, 0.5) is 5.69 Å². The Morgan fingerprint density at radius 3 is 3.00 bits per heavy atom. The standard InChI is InChI=1S/C16H20N2O3S/c1-16(14(19)17-10-11-6-5-9-21-11)15(20)18(2)12-7-3-4-8-13(12)22-16/h3-4,7-8,11H,5-6,9-10H2,1-2H3,(H,17,19). The molecule has 0 saturated carbocycles. The number of amides is 2. The number of thioether (sulfide) groups is 1. The van der Waals surface area contributed by atoms with Gasteiger partial charge in [0.25, 0.3) is 5.91 Å². The van der Waals surface area contributed by atoms with Crippen molar-refractivity contribution in [3.63, 3.8) is 0 Å². The Kier molecular flexibility index (Phi) is 4.14. The molecule has 0 aromatic heterocycles. The maximum Gasteiger partial charge on any atom is 0.252 e. The Labute approximate surface area is 134 Å².